The van der Waals surface area contributed by atoms with Crippen LogP contribution in [-0.4, -0.2) is 42.7 Å². The number of halogens is 1. The number of terminal acetylenes is 1. The second kappa shape index (κ2) is 9.32. The molecule has 0 fully saturated rings. The van der Waals surface area contributed by atoms with Crippen LogP contribution in [0.2, 0.25) is 5.02 Å². The van der Waals surface area contributed by atoms with Gasteiger partial charge in [-0.3, -0.25) is 9.59 Å². The number of benzene rings is 1. The first kappa shape index (κ1) is 22.9. The van der Waals surface area contributed by atoms with Crippen molar-refractivity contribution in [3.05, 3.63) is 45.3 Å². The van der Waals surface area contributed by atoms with E-state index in [1.165, 1.54) is 7.11 Å². The molecule has 0 saturated heterocycles. The molecule has 172 valence electrons. The summed E-state index contributed by atoms with van der Waals surface area (Å²) >= 11 is 6.52. The van der Waals surface area contributed by atoms with Crippen LogP contribution in [0, 0.1) is 12.3 Å². The van der Waals surface area contributed by atoms with Crippen molar-refractivity contribution in [3.63, 3.8) is 0 Å². The lowest BCUT2D eigenvalue weighted by molar-refractivity contribution is -0.305. The second-order valence-corrected chi connectivity index (χ2v) is 8.60. The van der Waals surface area contributed by atoms with Gasteiger partial charge in [0.05, 0.1) is 24.6 Å². The van der Waals surface area contributed by atoms with Crippen LogP contribution in [0.5, 0.6) is 11.5 Å². The fourth-order valence-electron chi connectivity index (χ4n) is 5.03. The highest BCUT2D eigenvalue weighted by Gasteiger charge is 2.43. The van der Waals surface area contributed by atoms with Crippen LogP contribution in [0.25, 0.3) is 0 Å². The Labute approximate surface area is 197 Å². The number of rotatable bonds is 6. The van der Waals surface area contributed by atoms with Gasteiger partial charge in [0.2, 0.25) is 0 Å². The van der Waals surface area contributed by atoms with Crippen molar-refractivity contribution in [2.24, 2.45) is 0 Å². The molecule has 1 aromatic rings. The molecule has 2 aliphatic carbocycles. The minimum atomic E-state index is -1.26. The maximum Gasteiger partial charge on any atom is 0.181 e. The number of aliphatic carboxylic acids is 1. The number of ketones is 2. The van der Waals surface area contributed by atoms with E-state index >= 15 is 0 Å². The second-order valence-electron chi connectivity index (χ2n) is 8.19. The van der Waals surface area contributed by atoms with Gasteiger partial charge in [0.15, 0.2) is 23.1 Å². The van der Waals surface area contributed by atoms with E-state index in [1.54, 1.807) is 17.0 Å². The Hall–Kier alpha value is -3.24. The number of hydrogen-bond donors (Lipinski definition) is 0. The zero-order valence-corrected chi connectivity index (χ0v) is 19.0. The quantitative estimate of drug-likeness (QED) is 0.592. The van der Waals surface area contributed by atoms with E-state index in [0.29, 0.717) is 72.4 Å². The molecule has 4 rings (SSSR count). The molecule has 1 aliphatic heterocycles. The highest BCUT2D eigenvalue weighted by atomic mass is 35.5. The fraction of sp³-hybridized carbons (Fsp3) is 0.400. The lowest BCUT2D eigenvalue weighted by Gasteiger charge is -2.44. The van der Waals surface area contributed by atoms with Crippen LogP contribution in [0.1, 0.15) is 50.0 Å². The highest BCUT2D eigenvalue weighted by molar-refractivity contribution is 6.32. The standard InChI is InChI=1S/C25H24ClNO6/c1-3-10-33-25-15(26)11-14(12-20(25)32-2)22-23-16(6-4-8-18(23)28)27(13-21(30)31)17-7-5-9-19(29)24(17)22/h1,11-12,22H,4-10,13H2,2H3,(H,30,31)/p-1. The van der Waals surface area contributed by atoms with Gasteiger partial charge in [-0.05, 0) is 43.4 Å². The number of carboxylic acid groups (broad SMARTS) is 1. The van der Waals surface area contributed by atoms with Crippen molar-refractivity contribution < 1.29 is 29.0 Å². The molecule has 0 unspecified atom stereocenters. The lowest BCUT2D eigenvalue weighted by Crippen LogP contribution is -2.44. The van der Waals surface area contributed by atoms with Gasteiger partial charge >= 0.3 is 0 Å². The predicted octanol–water partition coefficient (Wildman–Crippen LogP) is 2.52. The summed E-state index contributed by atoms with van der Waals surface area (Å²) in [7, 11) is 1.47. The molecule has 1 aromatic carbocycles. The molecule has 0 N–H and O–H groups in total. The molecule has 0 spiro atoms. The number of nitrogens with zero attached hydrogens (tertiary/aromatic N) is 1. The van der Waals surface area contributed by atoms with Gasteiger partial charge in [0.25, 0.3) is 0 Å². The van der Waals surface area contributed by atoms with Crippen LogP contribution in [0.15, 0.2) is 34.7 Å². The first-order valence-corrected chi connectivity index (χ1v) is 11.2. The summed E-state index contributed by atoms with van der Waals surface area (Å²) < 4.78 is 11.0. The van der Waals surface area contributed by atoms with Crippen molar-refractivity contribution in [2.45, 2.75) is 44.4 Å². The normalized spacial score (nSPS) is 18.6. The molecule has 0 saturated carbocycles. The van der Waals surface area contributed by atoms with Crippen molar-refractivity contribution in [1.82, 2.24) is 4.90 Å². The predicted molar refractivity (Wildman–Crippen MR) is 119 cm³/mol. The molecule has 7 nitrogen and oxygen atoms in total. The summed E-state index contributed by atoms with van der Waals surface area (Å²) in [5, 5.41) is 11.8. The molecule has 0 radical (unpaired) electrons. The van der Waals surface area contributed by atoms with Crippen molar-refractivity contribution in [3.8, 4) is 23.8 Å². The van der Waals surface area contributed by atoms with Crippen LogP contribution in [0.4, 0.5) is 0 Å². The van der Waals surface area contributed by atoms with Crippen LogP contribution in [-0.2, 0) is 14.4 Å². The van der Waals surface area contributed by atoms with Crippen molar-refractivity contribution in [2.75, 3.05) is 20.3 Å². The summed E-state index contributed by atoms with van der Waals surface area (Å²) in [5.41, 5.74) is 2.82. The first-order valence-electron chi connectivity index (χ1n) is 10.8. The summed E-state index contributed by atoms with van der Waals surface area (Å²) in [6.45, 7) is -0.396. The average Bonchev–Trinajstić information content (AvgIpc) is 2.78. The minimum Gasteiger partial charge on any atom is -0.548 e. The average molecular weight is 469 g/mol. The van der Waals surface area contributed by atoms with Crippen molar-refractivity contribution >= 4 is 29.1 Å². The third-order valence-corrected chi connectivity index (χ3v) is 6.54. The summed E-state index contributed by atoms with van der Waals surface area (Å²) in [5.74, 6) is 0.883. The number of carbonyl (C=O) groups excluding carboxylic acids is 3. The Morgan fingerprint density at radius 2 is 1.76 bits per heavy atom. The number of methoxy groups -OCH3 is 1. The monoisotopic (exact) mass is 468 g/mol. The Kier molecular flexibility index (Phi) is 6.48. The van der Waals surface area contributed by atoms with Gasteiger partial charge < -0.3 is 24.3 Å². The molecule has 8 heteroatoms. The molecule has 3 aliphatic rings. The zero-order valence-electron chi connectivity index (χ0n) is 18.2. The van der Waals surface area contributed by atoms with Gasteiger partial charge in [-0.2, -0.15) is 0 Å². The van der Waals surface area contributed by atoms with Gasteiger partial charge in [-0.1, -0.05) is 17.5 Å². The number of carboxylic acids is 1. The molecular weight excluding hydrogens is 446 g/mol. The number of ether oxygens (including phenoxy) is 2. The largest absolute Gasteiger partial charge is 0.548 e. The molecule has 0 amide bonds. The molecule has 1 heterocycles. The summed E-state index contributed by atoms with van der Waals surface area (Å²) in [6.07, 6.45) is 8.29. The van der Waals surface area contributed by atoms with Crippen molar-refractivity contribution in [1.29, 1.82) is 0 Å². The van der Waals surface area contributed by atoms with E-state index in [4.69, 9.17) is 27.5 Å². The Morgan fingerprint density at radius 1 is 1.15 bits per heavy atom. The maximum absolute atomic E-state index is 13.2. The summed E-state index contributed by atoms with van der Waals surface area (Å²) in [4.78, 5) is 39.5. The third kappa shape index (κ3) is 4.11. The fourth-order valence-corrected chi connectivity index (χ4v) is 5.30. The van der Waals surface area contributed by atoms with Gasteiger partial charge in [0.1, 0.15) is 6.61 Å². The van der Waals surface area contributed by atoms with E-state index in [0.717, 1.165) is 0 Å². The van der Waals surface area contributed by atoms with Gasteiger partial charge in [-0.25, -0.2) is 0 Å². The molecule has 0 bridgehead atoms. The van der Waals surface area contributed by atoms with E-state index < -0.39 is 18.4 Å². The SMILES string of the molecule is C#CCOc1c(Cl)cc(C2C3=C(CCCC3=O)N(CC(=O)[O-])C3=C2C(=O)CCC3)cc1OC. The number of carbonyl (C=O) groups is 3. The molecule has 0 aromatic heterocycles. The third-order valence-electron chi connectivity index (χ3n) is 6.26. The first-order chi connectivity index (χ1) is 15.9. The Balaban J connectivity index is 1.94. The van der Waals surface area contributed by atoms with E-state index in [2.05, 4.69) is 5.92 Å². The minimum absolute atomic E-state index is 0.00138. The maximum atomic E-state index is 13.2. The lowest BCUT2D eigenvalue weighted by atomic mass is 9.71. The van der Waals surface area contributed by atoms with Crippen LogP contribution in [0.3, 0.4) is 0 Å². The molecule has 0 atom stereocenters. The Bertz CT molecular complexity index is 1100. The topological polar surface area (TPSA) is 96.0 Å². The number of hydrogen-bond acceptors (Lipinski definition) is 7. The molecular formula is C25H23ClNO6-. The van der Waals surface area contributed by atoms with Gasteiger partial charge in [-0.15, -0.1) is 6.42 Å². The number of Topliss-reactive ketones (excluding diaryl/α,β-unsaturated/α-hetero) is 2. The highest BCUT2D eigenvalue weighted by Crippen LogP contribution is 2.51. The van der Waals surface area contributed by atoms with Crippen LogP contribution >= 0.6 is 11.6 Å². The van der Waals surface area contributed by atoms with E-state index in [1.807, 2.05) is 0 Å². The van der Waals surface area contributed by atoms with Gasteiger partial charge in [0, 0.05) is 41.3 Å². The van der Waals surface area contributed by atoms with E-state index in [9.17, 15) is 19.5 Å². The Morgan fingerprint density at radius 3 is 2.27 bits per heavy atom. The zero-order chi connectivity index (χ0) is 23.7. The van der Waals surface area contributed by atoms with Crippen LogP contribution < -0.4 is 14.6 Å². The number of allylic oxidation sites excluding steroid dienone is 4. The van der Waals surface area contributed by atoms with E-state index in [-0.39, 0.29) is 28.9 Å². The summed E-state index contributed by atoms with van der Waals surface area (Å²) in [6, 6.07) is 3.36. The molecule has 33 heavy (non-hydrogen) atoms. The smallest absolute Gasteiger partial charge is 0.181 e.